The van der Waals surface area contributed by atoms with Crippen LogP contribution in [0.2, 0.25) is 5.02 Å². The van der Waals surface area contributed by atoms with E-state index in [2.05, 4.69) is 10.5 Å². The predicted octanol–water partition coefficient (Wildman–Crippen LogP) is 5.08. The van der Waals surface area contributed by atoms with Crippen LogP contribution in [0.3, 0.4) is 0 Å². The Labute approximate surface area is 174 Å². The number of hydrogen-bond acceptors (Lipinski definition) is 4. The lowest BCUT2D eigenvalue weighted by atomic mass is 10.2. The standard InChI is InChI=1S/C23H21ClN2O3/c1-2-28-21-12-8-19(9-13-21)23(27)26-25-15-17-6-10-22(11-7-17)29-16-18-4-3-5-20(24)14-18/h3-15H,2,16H2,1H3,(H,26,27)/b25-15-. The molecule has 6 heteroatoms. The van der Waals surface area contributed by atoms with Crippen molar-refractivity contribution in [2.45, 2.75) is 13.5 Å². The monoisotopic (exact) mass is 408 g/mol. The van der Waals surface area contributed by atoms with Crippen LogP contribution in [0.25, 0.3) is 0 Å². The number of amides is 1. The average Bonchev–Trinajstić information content (AvgIpc) is 2.74. The molecular weight excluding hydrogens is 388 g/mol. The molecule has 3 aromatic carbocycles. The van der Waals surface area contributed by atoms with Gasteiger partial charge in [-0.15, -0.1) is 0 Å². The Morgan fingerprint density at radius 2 is 1.69 bits per heavy atom. The van der Waals surface area contributed by atoms with Gasteiger partial charge in [0.05, 0.1) is 12.8 Å². The number of hydrogen-bond donors (Lipinski definition) is 1. The molecule has 29 heavy (non-hydrogen) atoms. The third kappa shape index (κ3) is 6.36. The number of carbonyl (C=O) groups excluding carboxylic acids is 1. The minimum atomic E-state index is -0.286. The van der Waals surface area contributed by atoms with Crippen molar-refractivity contribution in [1.29, 1.82) is 0 Å². The second-order valence-electron chi connectivity index (χ2n) is 6.14. The van der Waals surface area contributed by atoms with Crippen LogP contribution in [0.1, 0.15) is 28.4 Å². The Balaban J connectivity index is 1.49. The zero-order valence-electron chi connectivity index (χ0n) is 16.0. The van der Waals surface area contributed by atoms with Gasteiger partial charge in [0, 0.05) is 10.6 Å². The van der Waals surface area contributed by atoms with Crippen LogP contribution in [-0.2, 0) is 6.61 Å². The first kappa shape index (κ1) is 20.4. The van der Waals surface area contributed by atoms with Gasteiger partial charge in [0.25, 0.3) is 5.91 Å². The Bertz CT molecular complexity index is 970. The van der Waals surface area contributed by atoms with E-state index in [1.807, 2.05) is 55.5 Å². The molecule has 0 bridgehead atoms. The quantitative estimate of drug-likeness (QED) is 0.417. The summed E-state index contributed by atoms with van der Waals surface area (Å²) in [5, 5.41) is 4.68. The lowest BCUT2D eigenvalue weighted by Crippen LogP contribution is -2.17. The van der Waals surface area contributed by atoms with Crippen LogP contribution in [0.4, 0.5) is 0 Å². The Morgan fingerprint density at radius 3 is 2.38 bits per heavy atom. The average molecular weight is 409 g/mol. The third-order valence-corrected chi connectivity index (χ3v) is 4.22. The lowest BCUT2D eigenvalue weighted by Gasteiger charge is -2.07. The number of ether oxygens (including phenoxy) is 2. The minimum Gasteiger partial charge on any atom is -0.494 e. The van der Waals surface area contributed by atoms with Gasteiger partial charge in [0.2, 0.25) is 0 Å². The van der Waals surface area contributed by atoms with Gasteiger partial charge in [0.1, 0.15) is 18.1 Å². The van der Waals surface area contributed by atoms with E-state index >= 15 is 0 Å². The van der Waals surface area contributed by atoms with Crippen molar-refractivity contribution >= 4 is 23.7 Å². The highest BCUT2D eigenvalue weighted by Gasteiger charge is 2.04. The van der Waals surface area contributed by atoms with Gasteiger partial charge < -0.3 is 9.47 Å². The highest BCUT2D eigenvalue weighted by molar-refractivity contribution is 6.30. The highest BCUT2D eigenvalue weighted by Crippen LogP contribution is 2.16. The van der Waals surface area contributed by atoms with Crippen molar-refractivity contribution in [3.63, 3.8) is 0 Å². The Morgan fingerprint density at radius 1 is 1.00 bits per heavy atom. The summed E-state index contributed by atoms with van der Waals surface area (Å²) in [6.45, 7) is 2.93. The molecule has 3 rings (SSSR count). The maximum absolute atomic E-state index is 12.1. The summed E-state index contributed by atoms with van der Waals surface area (Å²) < 4.78 is 11.1. The normalized spacial score (nSPS) is 10.7. The number of nitrogens with one attached hydrogen (secondary N) is 1. The molecule has 0 atom stereocenters. The van der Waals surface area contributed by atoms with E-state index in [0.717, 1.165) is 22.6 Å². The molecule has 5 nitrogen and oxygen atoms in total. The summed E-state index contributed by atoms with van der Waals surface area (Å²) in [4.78, 5) is 12.1. The van der Waals surface area contributed by atoms with Crippen LogP contribution in [0, 0.1) is 0 Å². The maximum Gasteiger partial charge on any atom is 0.271 e. The molecule has 1 amide bonds. The molecule has 0 aromatic heterocycles. The van der Waals surface area contributed by atoms with Gasteiger partial charge in [0.15, 0.2) is 0 Å². The molecule has 0 saturated carbocycles. The van der Waals surface area contributed by atoms with Crippen molar-refractivity contribution in [3.05, 3.63) is 94.5 Å². The molecular formula is C23H21ClN2O3. The number of nitrogens with zero attached hydrogens (tertiary/aromatic N) is 1. The number of carbonyl (C=O) groups is 1. The van der Waals surface area contributed by atoms with Crippen molar-refractivity contribution in [1.82, 2.24) is 5.43 Å². The lowest BCUT2D eigenvalue weighted by molar-refractivity contribution is 0.0955. The van der Waals surface area contributed by atoms with Gasteiger partial charge in [-0.3, -0.25) is 4.79 Å². The molecule has 148 valence electrons. The van der Waals surface area contributed by atoms with Crippen LogP contribution < -0.4 is 14.9 Å². The van der Waals surface area contributed by atoms with Crippen LogP contribution in [0.5, 0.6) is 11.5 Å². The molecule has 0 aliphatic rings. The molecule has 0 heterocycles. The Kier molecular flexibility index (Phi) is 7.25. The summed E-state index contributed by atoms with van der Waals surface area (Å²) in [5.74, 6) is 1.18. The maximum atomic E-state index is 12.1. The summed E-state index contributed by atoms with van der Waals surface area (Å²) in [6, 6.07) is 21.9. The van der Waals surface area contributed by atoms with E-state index in [1.54, 1.807) is 30.5 Å². The van der Waals surface area contributed by atoms with E-state index in [1.165, 1.54) is 0 Å². The second kappa shape index (κ2) is 10.3. The molecule has 0 unspecified atom stereocenters. The fourth-order valence-corrected chi connectivity index (χ4v) is 2.76. The molecule has 3 aromatic rings. The molecule has 0 saturated heterocycles. The van der Waals surface area contributed by atoms with Gasteiger partial charge in [-0.25, -0.2) is 5.43 Å². The SMILES string of the molecule is CCOc1ccc(C(=O)N/N=C\c2ccc(OCc3cccc(Cl)c3)cc2)cc1. The van der Waals surface area contributed by atoms with Crippen molar-refractivity contribution in [3.8, 4) is 11.5 Å². The number of benzene rings is 3. The fourth-order valence-electron chi connectivity index (χ4n) is 2.54. The highest BCUT2D eigenvalue weighted by atomic mass is 35.5. The molecule has 1 N–H and O–H groups in total. The van der Waals surface area contributed by atoms with Crippen molar-refractivity contribution in [2.24, 2.45) is 5.10 Å². The first-order valence-corrected chi connectivity index (χ1v) is 9.55. The first-order chi connectivity index (χ1) is 14.1. The number of rotatable bonds is 8. The zero-order valence-corrected chi connectivity index (χ0v) is 16.7. The number of hydrazone groups is 1. The van der Waals surface area contributed by atoms with Crippen molar-refractivity contribution in [2.75, 3.05) is 6.61 Å². The van der Waals surface area contributed by atoms with Gasteiger partial charge in [-0.2, -0.15) is 5.10 Å². The van der Waals surface area contributed by atoms with Crippen LogP contribution in [-0.4, -0.2) is 18.7 Å². The van der Waals surface area contributed by atoms with Gasteiger partial charge >= 0.3 is 0 Å². The molecule has 0 fully saturated rings. The number of halogens is 1. The summed E-state index contributed by atoms with van der Waals surface area (Å²) in [6.07, 6.45) is 1.58. The van der Waals surface area contributed by atoms with Crippen LogP contribution in [0.15, 0.2) is 77.9 Å². The minimum absolute atomic E-state index is 0.286. The third-order valence-electron chi connectivity index (χ3n) is 3.98. The van der Waals surface area contributed by atoms with E-state index in [0.29, 0.717) is 23.8 Å². The molecule has 0 aliphatic heterocycles. The van der Waals surface area contributed by atoms with E-state index in [9.17, 15) is 4.79 Å². The van der Waals surface area contributed by atoms with Crippen molar-refractivity contribution < 1.29 is 14.3 Å². The van der Waals surface area contributed by atoms with Crippen LogP contribution >= 0.6 is 11.6 Å². The van der Waals surface area contributed by atoms with E-state index in [-0.39, 0.29) is 5.91 Å². The fraction of sp³-hybridized carbons (Fsp3) is 0.130. The summed E-state index contributed by atoms with van der Waals surface area (Å²) in [7, 11) is 0. The smallest absolute Gasteiger partial charge is 0.271 e. The molecule has 0 aliphatic carbocycles. The molecule has 0 radical (unpaired) electrons. The topological polar surface area (TPSA) is 59.9 Å². The summed E-state index contributed by atoms with van der Waals surface area (Å²) >= 11 is 5.97. The van der Waals surface area contributed by atoms with Gasteiger partial charge in [-0.05, 0) is 78.7 Å². The molecule has 0 spiro atoms. The summed E-state index contributed by atoms with van der Waals surface area (Å²) in [5.41, 5.74) is 4.86. The van der Waals surface area contributed by atoms with E-state index in [4.69, 9.17) is 21.1 Å². The largest absolute Gasteiger partial charge is 0.494 e. The van der Waals surface area contributed by atoms with Gasteiger partial charge in [-0.1, -0.05) is 23.7 Å². The van der Waals surface area contributed by atoms with E-state index < -0.39 is 0 Å². The predicted molar refractivity (Wildman–Crippen MR) is 115 cm³/mol. The first-order valence-electron chi connectivity index (χ1n) is 9.17. The second-order valence-corrected chi connectivity index (χ2v) is 6.58. The Hall–Kier alpha value is -3.31. The zero-order chi connectivity index (χ0) is 20.5.